The third-order valence-corrected chi connectivity index (χ3v) is 1.03. The molecule has 0 amide bonds. The van der Waals surface area contributed by atoms with Crippen molar-refractivity contribution in [1.82, 2.24) is 0 Å². The van der Waals surface area contributed by atoms with Crippen molar-refractivity contribution in [2.45, 2.75) is 33.1 Å². The molecule has 0 saturated carbocycles. The van der Waals surface area contributed by atoms with Gasteiger partial charge in [-0.05, 0) is 6.42 Å². The van der Waals surface area contributed by atoms with Crippen LogP contribution < -0.4 is 0 Å². The molecule has 0 aliphatic rings. The summed E-state index contributed by atoms with van der Waals surface area (Å²) in [4.78, 5) is 0. The fourth-order valence-corrected chi connectivity index (χ4v) is 0.573. The van der Waals surface area contributed by atoms with Crippen molar-refractivity contribution in [2.24, 2.45) is 0 Å². The molecule has 3 heteroatoms. The van der Waals surface area contributed by atoms with Crippen LogP contribution in [0.3, 0.4) is 0 Å². The molecule has 0 aliphatic heterocycles. The van der Waals surface area contributed by atoms with E-state index in [-0.39, 0.29) is 11.8 Å². The summed E-state index contributed by atoms with van der Waals surface area (Å²) in [6.07, 6.45) is 2.67. The largest absolute Gasteiger partial charge is 0.430 e. The Kier molecular flexibility index (Phi) is 4.54. The van der Waals surface area contributed by atoms with Crippen molar-refractivity contribution in [1.29, 1.82) is 10.8 Å². The maximum absolute atomic E-state index is 7.16. The third kappa shape index (κ3) is 5.28. The van der Waals surface area contributed by atoms with E-state index in [1.165, 1.54) is 6.92 Å². The molecule has 0 rings (SSSR count). The minimum Gasteiger partial charge on any atom is -0.430 e. The smallest absolute Gasteiger partial charge is 0.189 e. The van der Waals surface area contributed by atoms with E-state index in [9.17, 15) is 0 Å². The van der Waals surface area contributed by atoms with Crippen molar-refractivity contribution in [2.75, 3.05) is 0 Å². The number of ether oxygens (including phenoxy) is 1. The van der Waals surface area contributed by atoms with Crippen LogP contribution in [0.1, 0.15) is 33.1 Å². The Morgan fingerprint density at radius 2 is 2.00 bits per heavy atom. The van der Waals surface area contributed by atoms with Gasteiger partial charge in [0.1, 0.15) is 0 Å². The second-order valence-corrected chi connectivity index (χ2v) is 2.18. The van der Waals surface area contributed by atoms with Gasteiger partial charge in [-0.2, -0.15) is 0 Å². The van der Waals surface area contributed by atoms with E-state index in [4.69, 9.17) is 15.6 Å². The summed E-state index contributed by atoms with van der Waals surface area (Å²) in [5.74, 6) is 0.301. The van der Waals surface area contributed by atoms with Crippen molar-refractivity contribution < 1.29 is 4.74 Å². The van der Waals surface area contributed by atoms with E-state index >= 15 is 0 Å². The van der Waals surface area contributed by atoms with Gasteiger partial charge in [-0.25, -0.2) is 0 Å². The predicted molar refractivity (Wildman–Crippen MR) is 41.7 cm³/mol. The number of unbranched alkanes of at least 4 members (excludes halogenated alkanes) is 1. The fourth-order valence-electron chi connectivity index (χ4n) is 0.573. The average Bonchev–Trinajstić information content (AvgIpc) is 1.82. The van der Waals surface area contributed by atoms with Gasteiger partial charge in [0.2, 0.25) is 0 Å². The molecule has 0 fully saturated rings. The van der Waals surface area contributed by atoms with Crippen molar-refractivity contribution in [3.8, 4) is 0 Å². The van der Waals surface area contributed by atoms with E-state index in [0.717, 1.165) is 12.8 Å². The van der Waals surface area contributed by atoms with Gasteiger partial charge in [0.05, 0.1) is 0 Å². The molecular weight excluding hydrogens is 128 g/mol. The highest BCUT2D eigenvalue weighted by Crippen LogP contribution is 1.96. The van der Waals surface area contributed by atoms with Crippen LogP contribution in [0.2, 0.25) is 0 Å². The van der Waals surface area contributed by atoms with Crippen LogP contribution in [0, 0.1) is 10.8 Å². The Hall–Kier alpha value is -0.860. The van der Waals surface area contributed by atoms with E-state index in [2.05, 4.69) is 6.92 Å². The highest BCUT2D eigenvalue weighted by molar-refractivity contribution is 5.86. The summed E-state index contributed by atoms with van der Waals surface area (Å²) in [7, 11) is 0. The molecule has 0 spiro atoms. The van der Waals surface area contributed by atoms with Crippen LogP contribution in [0.15, 0.2) is 0 Å². The molecule has 2 N–H and O–H groups in total. The zero-order valence-electron chi connectivity index (χ0n) is 6.53. The summed E-state index contributed by atoms with van der Waals surface area (Å²) in [6.45, 7) is 3.59. The summed E-state index contributed by atoms with van der Waals surface area (Å²) >= 11 is 0. The van der Waals surface area contributed by atoms with E-state index < -0.39 is 0 Å². The van der Waals surface area contributed by atoms with Gasteiger partial charge in [0, 0.05) is 13.3 Å². The number of hydrogen-bond acceptors (Lipinski definition) is 3. The second-order valence-electron chi connectivity index (χ2n) is 2.18. The van der Waals surface area contributed by atoms with Gasteiger partial charge < -0.3 is 4.74 Å². The summed E-state index contributed by atoms with van der Waals surface area (Å²) < 4.78 is 4.72. The third-order valence-electron chi connectivity index (χ3n) is 1.03. The predicted octanol–water partition coefficient (Wildman–Crippen LogP) is 2.17. The first-order valence-corrected chi connectivity index (χ1v) is 3.47. The lowest BCUT2D eigenvalue weighted by atomic mass is 10.2. The molecule has 3 nitrogen and oxygen atoms in total. The van der Waals surface area contributed by atoms with Gasteiger partial charge >= 0.3 is 0 Å². The maximum Gasteiger partial charge on any atom is 0.189 e. The van der Waals surface area contributed by atoms with E-state index in [0.29, 0.717) is 6.42 Å². The van der Waals surface area contributed by atoms with Gasteiger partial charge in [-0.3, -0.25) is 10.8 Å². The van der Waals surface area contributed by atoms with Gasteiger partial charge in [0.15, 0.2) is 11.8 Å². The minimum atomic E-state index is 0.0982. The Labute approximate surface area is 61.4 Å². The van der Waals surface area contributed by atoms with Crippen LogP contribution in [-0.4, -0.2) is 11.8 Å². The molecule has 0 unspecified atom stereocenters. The highest BCUT2D eigenvalue weighted by atomic mass is 16.5. The molecule has 0 saturated heterocycles. The zero-order chi connectivity index (χ0) is 7.98. The SMILES string of the molecule is CCCCC(=N)OC(C)=N. The second kappa shape index (κ2) is 4.97. The molecule has 0 bridgehead atoms. The van der Waals surface area contributed by atoms with Crippen LogP contribution >= 0.6 is 0 Å². The molecule has 10 heavy (non-hydrogen) atoms. The molecular formula is C7H14N2O. The first kappa shape index (κ1) is 9.14. The lowest BCUT2D eigenvalue weighted by Crippen LogP contribution is -2.06. The quantitative estimate of drug-likeness (QED) is 0.460. The summed E-state index contributed by atoms with van der Waals surface area (Å²) in [6, 6.07) is 0. The lowest BCUT2D eigenvalue weighted by molar-refractivity contribution is 0.506. The molecule has 0 radical (unpaired) electrons. The monoisotopic (exact) mass is 142 g/mol. The Morgan fingerprint density at radius 1 is 1.40 bits per heavy atom. The first-order valence-electron chi connectivity index (χ1n) is 3.47. The average molecular weight is 142 g/mol. The molecule has 0 aromatic rings. The molecule has 0 atom stereocenters. The Morgan fingerprint density at radius 3 is 2.40 bits per heavy atom. The zero-order valence-corrected chi connectivity index (χ0v) is 6.53. The maximum atomic E-state index is 7.16. The minimum absolute atomic E-state index is 0.0982. The van der Waals surface area contributed by atoms with E-state index in [1.807, 2.05) is 0 Å². The van der Waals surface area contributed by atoms with Crippen molar-refractivity contribution >= 4 is 11.8 Å². The molecule has 0 aromatic heterocycles. The Balaban J connectivity index is 3.35. The van der Waals surface area contributed by atoms with Crippen molar-refractivity contribution in [3.63, 3.8) is 0 Å². The number of rotatable bonds is 3. The van der Waals surface area contributed by atoms with Crippen LogP contribution in [0.4, 0.5) is 0 Å². The molecule has 58 valence electrons. The molecule has 0 aliphatic carbocycles. The van der Waals surface area contributed by atoms with Crippen molar-refractivity contribution in [3.05, 3.63) is 0 Å². The standard InChI is InChI=1S/C7H14N2O/c1-3-4-5-7(9)10-6(2)8/h8-9H,3-5H2,1-2H3. The number of nitrogens with one attached hydrogen (secondary N) is 2. The van der Waals surface area contributed by atoms with Gasteiger partial charge in [0.25, 0.3) is 0 Å². The van der Waals surface area contributed by atoms with E-state index in [1.54, 1.807) is 0 Å². The number of hydrogen-bond donors (Lipinski definition) is 2. The Bertz CT molecular complexity index is 132. The normalized spacial score (nSPS) is 9.00. The molecule has 0 heterocycles. The van der Waals surface area contributed by atoms with Gasteiger partial charge in [-0.15, -0.1) is 0 Å². The lowest BCUT2D eigenvalue weighted by Gasteiger charge is -2.02. The summed E-state index contributed by atoms with van der Waals surface area (Å²) in [5.41, 5.74) is 0. The van der Waals surface area contributed by atoms with Crippen LogP contribution in [-0.2, 0) is 4.74 Å². The summed E-state index contributed by atoms with van der Waals surface area (Å²) in [5, 5.41) is 14.1. The highest BCUT2D eigenvalue weighted by Gasteiger charge is 1.96. The van der Waals surface area contributed by atoms with Crippen LogP contribution in [0.25, 0.3) is 0 Å². The fraction of sp³-hybridized carbons (Fsp3) is 0.714. The first-order chi connectivity index (χ1) is 4.66. The topological polar surface area (TPSA) is 56.9 Å². The van der Waals surface area contributed by atoms with Gasteiger partial charge in [-0.1, -0.05) is 13.3 Å². The molecule has 0 aromatic carbocycles. The van der Waals surface area contributed by atoms with Crippen LogP contribution in [0.5, 0.6) is 0 Å².